The van der Waals surface area contributed by atoms with E-state index in [-0.39, 0.29) is 11.0 Å². The van der Waals surface area contributed by atoms with Crippen LogP contribution in [-0.4, -0.2) is 16.0 Å². The molecule has 0 bridgehead atoms. The quantitative estimate of drug-likeness (QED) is 0.569. The Bertz CT molecular complexity index is 1040. The van der Waals surface area contributed by atoms with E-state index >= 15 is 0 Å². The van der Waals surface area contributed by atoms with Crippen molar-refractivity contribution in [2.75, 3.05) is 5.32 Å². The van der Waals surface area contributed by atoms with Crippen molar-refractivity contribution < 1.29 is 9.21 Å². The Hall–Kier alpha value is -2.44. The molecule has 0 aliphatic carbocycles. The van der Waals surface area contributed by atoms with E-state index in [1.54, 1.807) is 12.1 Å². The number of anilines is 1. The standard InChI is InChI=1S/C20H20ClN3O2S/c1-11-5-7-13(14(21)9-11)17-23-15-10-12(6-8-16(15)26-17)22-19(27)24-18(25)20(2,3)4/h5-10H,1-4H3,(H2,22,24,25,27). The third-order valence-electron chi connectivity index (χ3n) is 3.91. The summed E-state index contributed by atoms with van der Waals surface area (Å²) in [7, 11) is 0. The largest absolute Gasteiger partial charge is 0.436 e. The zero-order valence-corrected chi connectivity index (χ0v) is 17.1. The fraction of sp³-hybridized carbons (Fsp3) is 0.250. The number of amides is 1. The summed E-state index contributed by atoms with van der Waals surface area (Å²) in [5, 5.41) is 6.50. The third-order valence-corrected chi connectivity index (χ3v) is 4.43. The highest BCUT2D eigenvalue weighted by Crippen LogP contribution is 2.31. The molecule has 0 unspecified atom stereocenters. The first-order valence-corrected chi connectivity index (χ1v) is 9.21. The summed E-state index contributed by atoms with van der Waals surface area (Å²) in [6, 6.07) is 11.1. The number of hydrogen-bond donors (Lipinski definition) is 2. The molecular formula is C20H20ClN3O2S. The van der Waals surface area contributed by atoms with Crippen LogP contribution in [0.4, 0.5) is 5.69 Å². The first kappa shape index (κ1) is 19.3. The second-order valence-electron chi connectivity index (χ2n) is 7.34. The maximum absolute atomic E-state index is 12.0. The first-order chi connectivity index (χ1) is 12.6. The van der Waals surface area contributed by atoms with Crippen LogP contribution in [0.3, 0.4) is 0 Å². The number of fused-ring (bicyclic) bond motifs is 1. The second kappa shape index (κ2) is 7.29. The molecule has 0 radical (unpaired) electrons. The lowest BCUT2D eigenvalue weighted by molar-refractivity contribution is -0.126. The zero-order chi connectivity index (χ0) is 19.8. The van der Waals surface area contributed by atoms with Gasteiger partial charge in [-0.25, -0.2) is 4.98 Å². The Morgan fingerprint density at radius 3 is 2.59 bits per heavy atom. The van der Waals surface area contributed by atoms with Crippen LogP contribution >= 0.6 is 23.8 Å². The molecule has 3 aromatic rings. The summed E-state index contributed by atoms with van der Waals surface area (Å²) < 4.78 is 5.82. The summed E-state index contributed by atoms with van der Waals surface area (Å²) in [5.74, 6) is 0.301. The molecule has 3 rings (SSSR count). The Morgan fingerprint density at radius 2 is 1.93 bits per heavy atom. The topological polar surface area (TPSA) is 67.2 Å². The van der Waals surface area contributed by atoms with Gasteiger partial charge in [-0.1, -0.05) is 38.4 Å². The van der Waals surface area contributed by atoms with Crippen molar-refractivity contribution in [3.05, 3.63) is 47.0 Å². The van der Waals surface area contributed by atoms with E-state index < -0.39 is 5.41 Å². The van der Waals surface area contributed by atoms with Crippen LogP contribution in [0.1, 0.15) is 26.3 Å². The van der Waals surface area contributed by atoms with Crippen LogP contribution in [0.5, 0.6) is 0 Å². The average Bonchev–Trinajstić information content (AvgIpc) is 2.96. The number of nitrogens with zero attached hydrogens (tertiary/aromatic N) is 1. The highest BCUT2D eigenvalue weighted by Gasteiger charge is 2.22. The van der Waals surface area contributed by atoms with Gasteiger partial charge in [0.1, 0.15) is 5.52 Å². The van der Waals surface area contributed by atoms with Gasteiger partial charge in [-0.3, -0.25) is 4.79 Å². The van der Waals surface area contributed by atoms with Gasteiger partial charge in [-0.2, -0.15) is 0 Å². The Morgan fingerprint density at radius 1 is 1.19 bits per heavy atom. The van der Waals surface area contributed by atoms with Crippen molar-refractivity contribution >= 4 is 51.6 Å². The average molecular weight is 402 g/mol. The van der Waals surface area contributed by atoms with E-state index in [2.05, 4.69) is 15.6 Å². The van der Waals surface area contributed by atoms with E-state index in [1.165, 1.54) is 0 Å². The highest BCUT2D eigenvalue weighted by molar-refractivity contribution is 7.80. The highest BCUT2D eigenvalue weighted by atomic mass is 35.5. The molecule has 0 saturated carbocycles. The summed E-state index contributed by atoms with van der Waals surface area (Å²) >= 11 is 11.5. The number of hydrogen-bond acceptors (Lipinski definition) is 4. The number of carbonyl (C=O) groups is 1. The number of carbonyl (C=O) groups excluding carboxylic acids is 1. The van der Waals surface area contributed by atoms with E-state index in [0.717, 1.165) is 11.1 Å². The molecular weight excluding hydrogens is 382 g/mol. The molecule has 2 N–H and O–H groups in total. The van der Waals surface area contributed by atoms with E-state index in [9.17, 15) is 4.79 Å². The molecule has 0 atom stereocenters. The van der Waals surface area contributed by atoms with Crippen LogP contribution in [0.25, 0.3) is 22.6 Å². The lowest BCUT2D eigenvalue weighted by atomic mass is 9.96. The van der Waals surface area contributed by atoms with E-state index in [4.69, 9.17) is 28.2 Å². The smallest absolute Gasteiger partial charge is 0.231 e. The van der Waals surface area contributed by atoms with Crippen molar-refractivity contribution in [1.29, 1.82) is 0 Å². The van der Waals surface area contributed by atoms with Gasteiger partial charge in [0, 0.05) is 11.1 Å². The zero-order valence-electron chi connectivity index (χ0n) is 15.5. The fourth-order valence-electron chi connectivity index (χ4n) is 2.37. The van der Waals surface area contributed by atoms with Gasteiger partial charge in [-0.05, 0) is 55.0 Å². The number of thiocarbonyl (C=S) groups is 1. The van der Waals surface area contributed by atoms with Crippen LogP contribution in [0.2, 0.25) is 5.02 Å². The predicted octanol–water partition coefficient (Wildman–Crippen LogP) is 5.32. The van der Waals surface area contributed by atoms with E-state index in [1.807, 2.05) is 52.0 Å². The van der Waals surface area contributed by atoms with Crippen molar-refractivity contribution in [1.82, 2.24) is 10.3 Å². The number of benzene rings is 2. The van der Waals surface area contributed by atoms with Crippen LogP contribution in [0.15, 0.2) is 40.8 Å². The molecule has 0 fully saturated rings. The lowest BCUT2D eigenvalue weighted by Crippen LogP contribution is -2.41. The maximum atomic E-state index is 12.0. The minimum absolute atomic E-state index is 0.154. The monoisotopic (exact) mass is 401 g/mol. The van der Waals surface area contributed by atoms with Gasteiger partial charge in [0.25, 0.3) is 0 Å². The number of nitrogens with one attached hydrogen (secondary N) is 2. The maximum Gasteiger partial charge on any atom is 0.231 e. The molecule has 2 aromatic carbocycles. The van der Waals surface area contributed by atoms with Gasteiger partial charge < -0.3 is 15.1 Å². The molecule has 0 aliphatic rings. The Labute approximate surface area is 168 Å². The number of oxazole rings is 1. The number of halogens is 1. The second-order valence-corrected chi connectivity index (χ2v) is 8.16. The van der Waals surface area contributed by atoms with Crippen molar-refractivity contribution in [3.8, 4) is 11.5 Å². The van der Waals surface area contributed by atoms with Crippen molar-refractivity contribution in [2.24, 2.45) is 5.41 Å². The minimum atomic E-state index is -0.524. The molecule has 7 heteroatoms. The van der Waals surface area contributed by atoms with E-state index in [0.29, 0.717) is 27.7 Å². The predicted molar refractivity (Wildman–Crippen MR) is 113 cm³/mol. The van der Waals surface area contributed by atoms with Crippen LogP contribution < -0.4 is 10.6 Å². The third kappa shape index (κ3) is 4.46. The van der Waals surface area contributed by atoms with Gasteiger partial charge in [-0.15, -0.1) is 0 Å². The summed E-state index contributed by atoms with van der Waals surface area (Å²) in [4.78, 5) is 16.5. The van der Waals surface area contributed by atoms with Gasteiger partial charge >= 0.3 is 0 Å². The molecule has 5 nitrogen and oxygen atoms in total. The number of aromatic nitrogens is 1. The molecule has 0 saturated heterocycles. The van der Waals surface area contributed by atoms with Crippen LogP contribution in [-0.2, 0) is 4.79 Å². The van der Waals surface area contributed by atoms with Gasteiger partial charge in [0.05, 0.1) is 10.6 Å². The van der Waals surface area contributed by atoms with Gasteiger partial charge in [0.15, 0.2) is 10.7 Å². The summed E-state index contributed by atoms with van der Waals surface area (Å²) in [6.07, 6.45) is 0. The SMILES string of the molecule is Cc1ccc(-c2nc3cc(NC(=S)NC(=O)C(C)(C)C)ccc3o2)c(Cl)c1. The first-order valence-electron chi connectivity index (χ1n) is 8.43. The molecule has 27 heavy (non-hydrogen) atoms. The molecule has 140 valence electrons. The fourth-order valence-corrected chi connectivity index (χ4v) is 2.89. The van der Waals surface area contributed by atoms with Crippen molar-refractivity contribution in [3.63, 3.8) is 0 Å². The lowest BCUT2D eigenvalue weighted by Gasteiger charge is -2.18. The number of rotatable bonds is 2. The van der Waals surface area contributed by atoms with Gasteiger partial charge in [0.2, 0.25) is 11.8 Å². The normalized spacial score (nSPS) is 11.4. The Kier molecular flexibility index (Phi) is 5.22. The molecule has 1 heterocycles. The number of aryl methyl sites for hydroxylation is 1. The van der Waals surface area contributed by atoms with Crippen LogP contribution in [0, 0.1) is 12.3 Å². The molecule has 1 amide bonds. The molecule has 0 spiro atoms. The molecule has 0 aliphatic heterocycles. The Balaban J connectivity index is 1.82. The minimum Gasteiger partial charge on any atom is -0.436 e. The summed E-state index contributed by atoms with van der Waals surface area (Å²) in [5.41, 5.74) is 3.28. The van der Waals surface area contributed by atoms with Crippen molar-refractivity contribution in [2.45, 2.75) is 27.7 Å². The summed E-state index contributed by atoms with van der Waals surface area (Å²) in [6.45, 7) is 7.44. The molecule has 1 aromatic heterocycles.